The Hall–Kier alpha value is -2.46. The summed E-state index contributed by atoms with van der Waals surface area (Å²) in [5.41, 5.74) is -0.00711. The summed E-state index contributed by atoms with van der Waals surface area (Å²) in [4.78, 5) is 16.4. The molecule has 1 saturated carbocycles. The normalized spacial score (nSPS) is 20.8. The van der Waals surface area contributed by atoms with E-state index >= 15 is 0 Å². The van der Waals surface area contributed by atoms with Crippen molar-refractivity contribution < 1.29 is 26.4 Å². The van der Waals surface area contributed by atoms with E-state index in [1.807, 2.05) is 13.0 Å². The highest BCUT2D eigenvalue weighted by atomic mass is 32.2. The van der Waals surface area contributed by atoms with Crippen LogP contribution in [-0.4, -0.2) is 25.4 Å². The predicted octanol–water partition coefficient (Wildman–Crippen LogP) is 3.81. The summed E-state index contributed by atoms with van der Waals surface area (Å²) in [7, 11) is -3.94. The van der Waals surface area contributed by atoms with Gasteiger partial charge < -0.3 is 5.32 Å². The summed E-state index contributed by atoms with van der Waals surface area (Å²) in [6.07, 6.45) is 0.808. The molecule has 0 saturated heterocycles. The maximum Gasteiger partial charge on any atom is 0.416 e. The molecule has 1 aliphatic carbocycles. The quantitative estimate of drug-likeness (QED) is 0.693. The molecule has 2 aromatic rings. The van der Waals surface area contributed by atoms with Crippen LogP contribution >= 0.6 is 0 Å². The number of hydrogen-bond acceptors (Lipinski definition) is 4. The van der Waals surface area contributed by atoms with Gasteiger partial charge in [0.1, 0.15) is 0 Å². The van der Waals surface area contributed by atoms with E-state index in [1.54, 1.807) is 18.5 Å². The highest BCUT2D eigenvalue weighted by Crippen LogP contribution is 2.30. The first-order valence-corrected chi connectivity index (χ1v) is 11.4. The molecule has 1 aliphatic rings. The molecule has 31 heavy (non-hydrogen) atoms. The monoisotopic (exact) mass is 455 g/mol. The lowest BCUT2D eigenvalue weighted by atomic mass is 9.85. The fourth-order valence-electron chi connectivity index (χ4n) is 3.63. The number of carbonyl (C=O) groups is 1. The van der Waals surface area contributed by atoms with Crippen LogP contribution in [-0.2, 0) is 21.0 Å². The van der Waals surface area contributed by atoms with Crippen LogP contribution in [0.3, 0.4) is 0 Å². The minimum atomic E-state index is -4.52. The molecule has 1 aromatic heterocycles. The lowest BCUT2D eigenvalue weighted by Gasteiger charge is -2.29. The Morgan fingerprint density at radius 3 is 2.29 bits per heavy atom. The summed E-state index contributed by atoms with van der Waals surface area (Å²) >= 11 is 0. The molecule has 0 aliphatic heterocycles. The highest BCUT2D eigenvalue weighted by molar-refractivity contribution is 7.89. The second-order valence-corrected chi connectivity index (χ2v) is 9.42. The van der Waals surface area contributed by atoms with E-state index in [0.717, 1.165) is 29.8 Å². The zero-order chi connectivity index (χ0) is 22.6. The first kappa shape index (κ1) is 23.2. The Morgan fingerprint density at radius 1 is 1.10 bits per heavy atom. The van der Waals surface area contributed by atoms with Gasteiger partial charge in [-0.05, 0) is 68.5 Å². The van der Waals surface area contributed by atoms with Gasteiger partial charge in [-0.3, -0.25) is 9.78 Å². The standard InChI is InChI=1S/C21H24F3N3O3S/c1-14(16-3-2-12-25-13-16)26-20(28)15-4-8-18(9-5-15)27-31(29,30)19-10-6-17(7-11-19)21(22,23)24/h2-3,6-7,10-15,18,27H,4-5,8-9H2,1H3,(H,26,28)/t14-,15-,18-/m1/s1. The minimum absolute atomic E-state index is 0.0830. The Balaban J connectivity index is 1.53. The van der Waals surface area contributed by atoms with Crippen LogP contribution in [0.1, 0.15) is 49.8 Å². The predicted molar refractivity (Wildman–Crippen MR) is 108 cm³/mol. The van der Waals surface area contributed by atoms with Crippen LogP contribution in [0, 0.1) is 5.92 Å². The number of alkyl halides is 3. The largest absolute Gasteiger partial charge is 0.416 e. The Labute approximate surface area is 179 Å². The number of amides is 1. The fourth-order valence-corrected chi connectivity index (χ4v) is 4.94. The van der Waals surface area contributed by atoms with E-state index in [9.17, 15) is 26.4 Å². The fraction of sp³-hybridized carbons (Fsp3) is 0.429. The summed E-state index contributed by atoms with van der Waals surface area (Å²) < 4.78 is 65.5. The van der Waals surface area contributed by atoms with Crippen LogP contribution in [0.2, 0.25) is 0 Å². The van der Waals surface area contributed by atoms with Gasteiger partial charge in [-0.15, -0.1) is 0 Å². The topological polar surface area (TPSA) is 88.2 Å². The second-order valence-electron chi connectivity index (χ2n) is 7.71. The average molecular weight is 456 g/mol. The molecule has 1 fully saturated rings. The van der Waals surface area contributed by atoms with Gasteiger partial charge in [0, 0.05) is 24.4 Å². The average Bonchev–Trinajstić information content (AvgIpc) is 2.74. The Kier molecular flexibility index (Phi) is 7.00. The maximum absolute atomic E-state index is 12.7. The van der Waals surface area contributed by atoms with Gasteiger partial charge in [0.15, 0.2) is 0 Å². The first-order valence-electron chi connectivity index (χ1n) is 9.96. The summed E-state index contributed by atoms with van der Waals surface area (Å²) in [6.45, 7) is 1.87. The van der Waals surface area contributed by atoms with Gasteiger partial charge in [0.2, 0.25) is 15.9 Å². The van der Waals surface area contributed by atoms with Crippen molar-refractivity contribution in [2.24, 2.45) is 5.92 Å². The number of aromatic nitrogens is 1. The van der Waals surface area contributed by atoms with Gasteiger partial charge in [-0.25, -0.2) is 13.1 Å². The summed E-state index contributed by atoms with van der Waals surface area (Å²) in [5.74, 6) is -0.300. The van der Waals surface area contributed by atoms with Crippen molar-refractivity contribution in [1.82, 2.24) is 15.0 Å². The van der Waals surface area contributed by atoms with Crippen molar-refractivity contribution in [3.8, 4) is 0 Å². The third kappa shape index (κ3) is 6.04. The molecule has 0 bridgehead atoms. The van der Waals surface area contributed by atoms with Gasteiger partial charge in [0.05, 0.1) is 16.5 Å². The molecule has 1 heterocycles. The molecule has 3 rings (SSSR count). The van der Waals surface area contributed by atoms with Crippen LogP contribution in [0.25, 0.3) is 0 Å². The van der Waals surface area contributed by atoms with E-state index in [-0.39, 0.29) is 28.8 Å². The van der Waals surface area contributed by atoms with Crippen molar-refractivity contribution in [3.63, 3.8) is 0 Å². The number of hydrogen-bond donors (Lipinski definition) is 2. The molecule has 10 heteroatoms. The second kappa shape index (κ2) is 9.35. The molecule has 0 spiro atoms. The van der Waals surface area contributed by atoms with Crippen LogP contribution in [0.5, 0.6) is 0 Å². The lowest BCUT2D eigenvalue weighted by Crippen LogP contribution is -2.41. The molecular formula is C21H24F3N3O3S. The van der Waals surface area contributed by atoms with E-state index in [0.29, 0.717) is 25.7 Å². The van der Waals surface area contributed by atoms with Crippen molar-refractivity contribution in [2.75, 3.05) is 0 Å². The van der Waals surface area contributed by atoms with Gasteiger partial charge >= 0.3 is 6.18 Å². The molecular weight excluding hydrogens is 431 g/mol. The third-order valence-electron chi connectivity index (χ3n) is 5.45. The molecule has 1 atom stereocenters. The Morgan fingerprint density at radius 2 is 1.74 bits per heavy atom. The van der Waals surface area contributed by atoms with Crippen molar-refractivity contribution in [2.45, 2.75) is 55.8 Å². The van der Waals surface area contributed by atoms with Crippen molar-refractivity contribution >= 4 is 15.9 Å². The number of nitrogens with zero attached hydrogens (tertiary/aromatic N) is 1. The number of pyridine rings is 1. The third-order valence-corrected chi connectivity index (χ3v) is 6.99. The van der Waals surface area contributed by atoms with Gasteiger partial charge in [-0.1, -0.05) is 6.07 Å². The van der Waals surface area contributed by atoms with Crippen LogP contribution < -0.4 is 10.0 Å². The number of rotatable bonds is 6. The van der Waals surface area contributed by atoms with Crippen LogP contribution in [0.15, 0.2) is 53.7 Å². The molecule has 1 aromatic carbocycles. The van der Waals surface area contributed by atoms with E-state index < -0.39 is 21.8 Å². The lowest BCUT2D eigenvalue weighted by molar-refractivity contribution is -0.137. The molecule has 168 valence electrons. The number of carbonyl (C=O) groups excluding carboxylic acids is 1. The van der Waals surface area contributed by atoms with E-state index in [1.165, 1.54) is 0 Å². The zero-order valence-corrected chi connectivity index (χ0v) is 17.7. The summed E-state index contributed by atoms with van der Waals surface area (Å²) in [6, 6.07) is 6.52. The number of benzene rings is 1. The molecule has 2 N–H and O–H groups in total. The van der Waals surface area contributed by atoms with Crippen LogP contribution in [0.4, 0.5) is 13.2 Å². The van der Waals surface area contributed by atoms with E-state index in [2.05, 4.69) is 15.0 Å². The molecule has 1 amide bonds. The first-order chi connectivity index (χ1) is 14.6. The van der Waals surface area contributed by atoms with Crippen molar-refractivity contribution in [3.05, 3.63) is 59.9 Å². The number of nitrogens with one attached hydrogen (secondary N) is 2. The SMILES string of the molecule is C[C@@H](NC(=O)[C@H]1CC[C@H](NS(=O)(=O)c2ccc(C(F)(F)F)cc2)CC1)c1cccnc1. The number of halogens is 3. The summed E-state index contributed by atoms with van der Waals surface area (Å²) in [5, 5.41) is 2.96. The highest BCUT2D eigenvalue weighted by Gasteiger charge is 2.32. The number of sulfonamides is 1. The van der Waals surface area contributed by atoms with Gasteiger partial charge in [-0.2, -0.15) is 13.2 Å². The van der Waals surface area contributed by atoms with Gasteiger partial charge in [0.25, 0.3) is 0 Å². The molecule has 0 unspecified atom stereocenters. The Bertz CT molecular complexity index is 988. The van der Waals surface area contributed by atoms with Crippen molar-refractivity contribution in [1.29, 1.82) is 0 Å². The smallest absolute Gasteiger partial charge is 0.349 e. The molecule has 0 radical (unpaired) electrons. The van der Waals surface area contributed by atoms with E-state index in [4.69, 9.17) is 0 Å². The minimum Gasteiger partial charge on any atom is -0.349 e. The molecule has 6 nitrogen and oxygen atoms in total. The zero-order valence-electron chi connectivity index (χ0n) is 16.9. The maximum atomic E-state index is 12.7.